The Kier molecular flexibility index (Phi) is 13.5. The van der Waals surface area contributed by atoms with Crippen LogP contribution in [0.5, 0.6) is 0 Å². The first-order valence-corrected chi connectivity index (χ1v) is 9.60. The van der Waals surface area contributed by atoms with E-state index in [0.29, 0.717) is 0 Å². The predicted molar refractivity (Wildman–Crippen MR) is 104 cm³/mol. The highest BCUT2D eigenvalue weighted by molar-refractivity contribution is 6.22. The minimum Gasteiger partial charge on any atom is -0.358 e. The van der Waals surface area contributed by atoms with Gasteiger partial charge in [-0.15, -0.1) is 0 Å². The molecule has 0 saturated heterocycles. The monoisotopic (exact) mass is 339 g/mol. The van der Waals surface area contributed by atoms with Crippen molar-refractivity contribution >= 4 is 11.6 Å². The maximum absolute atomic E-state index is 6.57. The van der Waals surface area contributed by atoms with E-state index in [1.165, 1.54) is 69.8 Å². The lowest BCUT2D eigenvalue weighted by Gasteiger charge is -2.18. The van der Waals surface area contributed by atoms with Crippen LogP contribution in [0.15, 0.2) is 30.3 Å². The molecule has 0 aromatic heterocycles. The van der Waals surface area contributed by atoms with Crippen LogP contribution in [0.1, 0.15) is 83.1 Å². The number of alkyl halides is 1. The SMILES string of the molecule is CCCCCCCCCCCCC([NH3+])(Cl)Cc1ccccc1.[CH3-]. The number of hydrogen-bond acceptors (Lipinski definition) is 0. The number of unbranched alkanes of at least 4 members (excludes halogenated alkanes) is 9. The van der Waals surface area contributed by atoms with E-state index in [9.17, 15) is 0 Å². The first-order valence-electron chi connectivity index (χ1n) is 9.22. The van der Waals surface area contributed by atoms with Gasteiger partial charge in [0.05, 0.1) is 0 Å². The molecule has 0 spiro atoms. The molecule has 0 amide bonds. The van der Waals surface area contributed by atoms with Crippen LogP contribution >= 0.6 is 11.6 Å². The summed E-state index contributed by atoms with van der Waals surface area (Å²) in [4.78, 5) is -0.332. The molecule has 0 saturated carbocycles. The molecule has 0 radical (unpaired) electrons. The van der Waals surface area contributed by atoms with E-state index in [4.69, 9.17) is 11.6 Å². The van der Waals surface area contributed by atoms with Gasteiger partial charge in [-0.3, -0.25) is 0 Å². The van der Waals surface area contributed by atoms with Crippen LogP contribution < -0.4 is 5.73 Å². The van der Waals surface area contributed by atoms with Gasteiger partial charge in [0.15, 0.2) is 5.00 Å². The zero-order valence-electron chi connectivity index (χ0n) is 15.5. The maximum Gasteiger partial charge on any atom is 0.174 e. The van der Waals surface area contributed by atoms with Gasteiger partial charge in [-0.25, -0.2) is 0 Å². The number of quaternary nitrogens is 1. The molecule has 1 aromatic carbocycles. The van der Waals surface area contributed by atoms with E-state index in [1.54, 1.807) is 0 Å². The van der Waals surface area contributed by atoms with E-state index in [2.05, 4.69) is 36.9 Å². The van der Waals surface area contributed by atoms with Gasteiger partial charge in [0.25, 0.3) is 0 Å². The largest absolute Gasteiger partial charge is 0.358 e. The van der Waals surface area contributed by atoms with Gasteiger partial charge in [-0.05, 0) is 12.0 Å². The Balaban J connectivity index is 0.00000484. The Morgan fingerprint density at radius 2 is 1.30 bits per heavy atom. The van der Waals surface area contributed by atoms with Gasteiger partial charge in [0.2, 0.25) is 0 Å². The van der Waals surface area contributed by atoms with Crippen LogP contribution in [-0.2, 0) is 6.42 Å². The lowest BCUT2D eigenvalue weighted by molar-refractivity contribution is -0.444. The lowest BCUT2D eigenvalue weighted by Crippen LogP contribution is -2.70. The molecule has 0 aliphatic heterocycles. The fourth-order valence-electron chi connectivity index (χ4n) is 2.98. The minimum absolute atomic E-state index is 0. The van der Waals surface area contributed by atoms with Gasteiger partial charge in [0, 0.05) is 12.8 Å². The van der Waals surface area contributed by atoms with Crippen LogP contribution in [0.3, 0.4) is 0 Å². The lowest BCUT2D eigenvalue weighted by atomic mass is 9.99. The molecule has 0 heterocycles. The molecule has 0 aliphatic carbocycles. The zero-order chi connectivity index (χ0) is 16.1. The first kappa shape index (κ1) is 22.5. The van der Waals surface area contributed by atoms with Crippen LogP contribution in [0, 0.1) is 7.43 Å². The van der Waals surface area contributed by atoms with E-state index >= 15 is 0 Å². The van der Waals surface area contributed by atoms with Crippen molar-refractivity contribution in [2.24, 2.45) is 0 Å². The van der Waals surface area contributed by atoms with Crippen molar-refractivity contribution in [1.29, 1.82) is 0 Å². The summed E-state index contributed by atoms with van der Waals surface area (Å²) < 4.78 is 0. The third kappa shape index (κ3) is 12.5. The average Bonchev–Trinajstić information content (AvgIpc) is 2.49. The first-order chi connectivity index (χ1) is 10.6. The van der Waals surface area contributed by atoms with Crippen LogP contribution in [0.4, 0.5) is 0 Å². The van der Waals surface area contributed by atoms with Crippen LogP contribution in [0.2, 0.25) is 0 Å². The molecule has 0 bridgehead atoms. The Hall–Kier alpha value is -0.530. The van der Waals surface area contributed by atoms with Gasteiger partial charge in [-0.2, -0.15) is 0 Å². The second-order valence-corrected chi connectivity index (χ2v) is 7.55. The Labute approximate surface area is 150 Å². The number of rotatable bonds is 13. The molecular formula is C21H38ClN. The third-order valence-corrected chi connectivity index (χ3v) is 4.66. The summed E-state index contributed by atoms with van der Waals surface area (Å²) in [6.07, 6.45) is 15.5. The van der Waals surface area contributed by atoms with Crippen molar-refractivity contribution in [2.45, 2.75) is 89.0 Å². The van der Waals surface area contributed by atoms with E-state index in [-0.39, 0.29) is 12.4 Å². The summed E-state index contributed by atoms with van der Waals surface area (Å²) >= 11 is 6.57. The van der Waals surface area contributed by atoms with Crippen LogP contribution in [-0.4, -0.2) is 5.00 Å². The average molecular weight is 340 g/mol. The molecule has 0 aliphatic rings. The van der Waals surface area contributed by atoms with Gasteiger partial charge < -0.3 is 13.2 Å². The number of halogens is 1. The quantitative estimate of drug-likeness (QED) is 0.193. The van der Waals surface area contributed by atoms with E-state index in [1.807, 2.05) is 6.07 Å². The molecule has 2 heteroatoms. The summed E-state index contributed by atoms with van der Waals surface area (Å²) in [5, 5.41) is 0. The fraction of sp³-hybridized carbons (Fsp3) is 0.667. The molecule has 1 rings (SSSR count). The summed E-state index contributed by atoms with van der Waals surface area (Å²) in [6.45, 7) is 2.28. The van der Waals surface area contributed by atoms with E-state index < -0.39 is 0 Å². The van der Waals surface area contributed by atoms with Crippen molar-refractivity contribution in [1.82, 2.24) is 0 Å². The van der Waals surface area contributed by atoms with Crippen molar-refractivity contribution in [3.05, 3.63) is 43.3 Å². The smallest absolute Gasteiger partial charge is 0.174 e. The molecule has 3 N–H and O–H groups in total. The van der Waals surface area contributed by atoms with Crippen LogP contribution in [0.25, 0.3) is 0 Å². The third-order valence-electron chi connectivity index (χ3n) is 4.34. The predicted octanol–water partition coefficient (Wildman–Crippen LogP) is 6.17. The number of benzene rings is 1. The van der Waals surface area contributed by atoms with E-state index in [0.717, 1.165) is 12.8 Å². The Morgan fingerprint density at radius 3 is 1.83 bits per heavy atom. The standard InChI is InChI=1S/C20H34ClN.CH3/c1-2-3-4-5-6-7-8-9-10-14-17-20(21,22)18-19-15-12-11-13-16-19;/h11-13,15-16H,2-10,14,17-18,22H2,1H3;1H3/q;-1/p+1. The van der Waals surface area contributed by atoms with Gasteiger partial charge in [-0.1, -0.05) is 107 Å². The summed E-state index contributed by atoms with van der Waals surface area (Å²) in [6, 6.07) is 10.5. The molecule has 1 atom stereocenters. The van der Waals surface area contributed by atoms with Crippen molar-refractivity contribution in [2.75, 3.05) is 0 Å². The highest BCUT2D eigenvalue weighted by Crippen LogP contribution is 2.21. The normalized spacial score (nSPS) is 13.3. The van der Waals surface area contributed by atoms with Crippen molar-refractivity contribution in [3.63, 3.8) is 0 Å². The summed E-state index contributed by atoms with van der Waals surface area (Å²) in [5.74, 6) is 0. The Bertz CT molecular complexity index is 361. The summed E-state index contributed by atoms with van der Waals surface area (Å²) in [5.41, 5.74) is 5.50. The highest BCUT2D eigenvalue weighted by Gasteiger charge is 2.25. The Morgan fingerprint density at radius 1 is 0.826 bits per heavy atom. The molecule has 1 nitrogen and oxygen atoms in total. The second kappa shape index (κ2) is 13.9. The second-order valence-electron chi connectivity index (χ2n) is 6.75. The number of hydrogen-bond donors (Lipinski definition) is 1. The minimum atomic E-state index is -0.332. The summed E-state index contributed by atoms with van der Waals surface area (Å²) in [7, 11) is 0. The topological polar surface area (TPSA) is 27.6 Å². The molecular weight excluding hydrogens is 302 g/mol. The van der Waals surface area contributed by atoms with Gasteiger partial charge >= 0.3 is 0 Å². The molecule has 0 fully saturated rings. The fourth-order valence-corrected chi connectivity index (χ4v) is 3.27. The molecule has 134 valence electrons. The van der Waals surface area contributed by atoms with Gasteiger partial charge in [0.1, 0.15) is 0 Å². The molecule has 23 heavy (non-hydrogen) atoms. The zero-order valence-corrected chi connectivity index (χ0v) is 16.2. The van der Waals surface area contributed by atoms with Crippen molar-refractivity contribution in [3.8, 4) is 0 Å². The molecule has 1 unspecified atom stereocenters. The van der Waals surface area contributed by atoms with Crippen molar-refractivity contribution < 1.29 is 5.73 Å². The maximum atomic E-state index is 6.57. The highest BCUT2D eigenvalue weighted by atomic mass is 35.5. The molecule has 1 aromatic rings.